The fourth-order valence-electron chi connectivity index (χ4n) is 3.28. The van der Waals surface area contributed by atoms with Crippen LogP contribution in [0.4, 0.5) is 0 Å². The Morgan fingerprint density at radius 3 is 2.10 bits per heavy atom. The predicted molar refractivity (Wildman–Crippen MR) is 114 cm³/mol. The van der Waals surface area contributed by atoms with Gasteiger partial charge in [0.2, 0.25) is 5.36 Å². The summed E-state index contributed by atoms with van der Waals surface area (Å²) in [5.74, 6) is 6.61. The van der Waals surface area contributed by atoms with Gasteiger partial charge < -0.3 is 19.7 Å². The van der Waals surface area contributed by atoms with Gasteiger partial charge >= 0.3 is 0 Å². The molecule has 0 saturated heterocycles. The predicted octanol–water partition coefficient (Wildman–Crippen LogP) is 2.04. The van der Waals surface area contributed by atoms with E-state index in [9.17, 15) is 9.59 Å². The van der Waals surface area contributed by atoms with Crippen LogP contribution in [0.1, 0.15) is 25.8 Å². The van der Waals surface area contributed by atoms with Crippen LogP contribution in [0.15, 0.2) is 63.2 Å². The van der Waals surface area contributed by atoms with Crippen molar-refractivity contribution in [3.63, 3.8) is 0 Å². The molecule has 0 radical (unpaired) electrons. The molecule has 0 unspecified atom stereocenters. The minimum absolute atomic E-state index is 0.265. The number of nitrogens with zero attached hydrogens (tertiary/aromatic N) is 3. The van der Waals surface area contributed by atoms with Gasteiger partial charge in [0.15, 0.2) is 0 Å². The Morgan fingerprint density at radius 2 is 1.55 bits per heavy atom. The number of aryl methyl sites for hydroxylation is 1. The number of fused-ring (bicyclic) bond motifs is 1. The van der Waals surface area contributed by atoms with E-state index in [-0.39, 0.29) is 11.9 Å². The van der Waals surface area contributed by atoms with E-state index in [2.05, 4.69) is 18.9 Å². The van der Waals surface area contributed by atoms with Gasteiger partial charge in [0.25, 0.3) is 11.1 Å². The molecule has 0 aliphatic carbocycles. The number of methoxy groups -OCH3 is 1. The minimum atomic E-state index is -0.507. The van der Waals surface area contributed by atoms with Gasteiger partial charge in [-0.15, -0.1) is 0 Å². The molecule has 0 fully saturated rings. The standard InChI is InChI=1S/C22H26N4O3/c1-15(2)12-13-25-18-6-4-5-7-19(18)26(22(28)20(24-23)21(25)27)14-16-8-10-17(29-3)11-9-16/h4-11,15H,12-14,23H2,1-3H3. The van der Waals surface area contributed by atoms with E-state index in [4.69, 9.17) is 10.6 Å². The highest BCUT2D eigenvalue weighted by Gasteiger charge is 2.13. The van der Waals surface area contributed by atoms with Crippen molar-refractivity contribution >= 4 is 11.0 Å². The molecular weight excluding hydrogens is 368 g/mol. The topological polar surface area (TPSA) is 91.6 Å². The van der Waals surface area contributed by atoms with Crippen molar-refractivity contribution in [3.05, 3.63) is 80.2 Å². The van der Waals surface area contributed by atoms with Crippen LogP contribution in [-0.2, 0) is 13.1 Å². The van der Waals surface area contributed by atoms with Crippen LogP contribution in [0, 0.1) is 5.92 Å². The number of aromatic nitrogens is 2. The third kappa shape index (κ3) is 4.23. The van der Waals surface area contributed by atoms with Gasteiger partial charge in [-0.05, 0) is 42.2 Å². The molecule has 2 aromatic carbocycles. The molecule has 3 rings (SSSR count). The minimum Gasteiger partial charge on any atom is -0.497 e. The van der Waals surface area contributed by atoms with Crippen LogP contribution in [0.5, 0.6) is 5.75 Å². The van der Waals surface area contributed by atoms with Gasteiger partial charge in [-0.1, -0.05) is 38.1 Å². The van der Waals surface area contributed by atoms with Crippen LogP contribution in [0.25, 0.3) is 11.0 Å². The molecule has 1 heterocycles. The summed E-state index contributed by atoms with van der Waals surface area (Å²) < 4.78 is 8.35. The van der Waals surface area contributed by atoms with E-state index in [1.54, 1.807) is 16.2 Å². The van der Waals surface area contributed by atoms with Crippen LogP contribution in [0.3, 0.4) is 0 Å². The Bertz CT molecular complexity index is 1190. The van der Waals surface area contributed by atoms with Gasteiger partial charge in [0.1, 0.15) is 5.75 Å². The van der Waals surface area contributed by atoms with Crippen molar-refractivity contribution < 1.29 is 4.74 Å². The van der Waals surface area contributed by atoms with E-state index >= 15 is 0 Å². The Balaban J connectivity index is 2.31. The first kappa shape index (κ1) is 20.4. The molecule has 7 heteroatoms. The zero-order chi connectivity index (χ0) is 21.0. The highest BCUT2D eigenvalue weighted by atomic mass is 16.5. The summed E-state index contributed by atoms with van der Waals surface area (Å²) in [7, 11) is 1.60. The molecule has 0 saturated carbocycles. The summed E-state index contributed by atoms with van der Waals surface area (Å²) in [5, 5.41) is 3.30. The largest absolute Gasteiger partial charge is 0.497 e. The first-order valence-corrected chi connectivity index (χ1v) is 9.59. The zero-order valence-corrected chi connectivity index (χ0v) is 17.0. The van der Waals surface area contributed by atoms with Crippen molar-refractivity contribution in [2.45, 2.75) is 33.4 Å². The lowest BCUT2D eigenvalue weighted by molar-refractivity contribution is 0.414. The lowest BCUT2D eigenvalue weighted by atomic mass is 10.1. The molecule has 1 aromatic heterocycles. The average Bonchev–Trinajstić information content (AvgIpc) is 2.80. The number of ether oxygens (including phenoxy) is 1. The average molecular weight is 394 g/mol. The molecule has 0 aliphatic heterocycles. The van der Waals surface area contributed by atoms with Gasteiger partial charge in [-0.3, -0.25) is 9.59 Å². The van der Waals surface area contributed by atoms with Gasteiger partial charge in [0, 0.05) is 6.54 Å². The summed E-state index contributed by atoms with van der Waals surface area (Å²) in [6.07, 6.45) is 0.796. The highest BCUT2D eigenvalue weighted by molar-refractivity contribution is 5.74. The Morgan fingerprint density at radius 1 is 0.966 bits per heavy atom. The van der Waals surface area contributed by atoms with Crippen molar-refractivity contribution in [3.8, 4) is 5.75 Å². The van der Waals surface area contributed by atoms with Crippen LogP contribution in [0.2, 0.25) is 0 Å². The molecule has 152 valence electrons. The van der Waals surface area contributed by atoms with Crippen molar-refractivity contribution in [2.24, 2.45) is 16.9 Å². The smallest absolute Gasteiger partial charge is 0.284 e. The normalized spacial score (nSPS) is 11.9. The summed E-state index contributed by atoms with van der Waals surface area (Å²) in [6.45, 7) is 4.95. The second-order valence-electron chi connectivity index (χ2n) is 7.35. The fraction of sp³-hybridized carbons (Fsp3) is 0.318. The van der Waals surface area contributed by atoms with E-state index in [0.717, 1.165) is 17.7 Å². The van der Waals surface area contributed by atoms with Crippen molar-refractivity contribution in [1.29, 1.82) is 0 Å². The van der Waals surface area contributed by atoms with E-state index in [1.807, 2.05) is 48.5 Å². The number of hydrogen-bond acceptors (Lipinski definition) is 5. The monoisotopic (exact) mass is 394 g/mol. The Labute approximate surface area is 168 Å². The van der Waals surface area contributed by atoms with Gasteiger partial charge in [0.05, 0.1) is 24.7 Å². The van der Waals surface area contributed by atoms with Gasteiger partial charge in [-0.2, -0.15) is 5.10 Å². The highest BCUT2D eigenvalue weighted by Crippen LogP contribution is 2.15. The molecule has 3 aromatic rings. The summed E-state index contributed by atoms with van der Waals surface area (Å²) >= 11 is 0. The second-order valence-corrected chi connectivity index (χ2v) is 7.35. The maximum Gasteiger partial charge on any atom is 0.284 e. The number of nitrogens with two attached hydrogens (primary N) is 1. The molecule has 0 amide bonds. The van der Waals surface area contributed by atoms with Crippen molar-refractivity contribution in [1.82, 2.24) is 9.13 Å². The Hall–Kier alpha value is -3.35. The fourth-order valence-corrected chi connectivity index (χ4v) is 3.28. The molecule has 2 N–H and O–H groups in total. The molecule has 0 aliphatic rings. The van der Waals surface area contributed by atoms with E-state index < -0.39 is 11.1 Å². The molecule has 0 bridgehead atoms. The number of benzene rings is 2. The molecule has 29 heavy (non-hydrogen) atoms. The quantitative estimate of drug-likeness (QED) is 0.512. The number of hydrogen-bond donors (Lipinski definition) is 1. The molecule has 0 spiro atoms. The van der Waals surface area contributed by atoms with Crippen LogP contribution >= 0.6 is 0 Å². The first-order valence-electron chi connectivity index (χ1n) is 9.59. The molecule has 7 nitrogen and oxygen atoms in total. The van der Waals surface area contributed by atoms with Crippen LogP contribution < -0.4 is 27.1 Å². The van der Waals surface area contributed by atoms with Crippen molar-refractivity contribution in [2.75, 3.05) is 7.11 Å². The van der Waals surface area contributed by atoms with E-state index in [0.29, 0.717) is 23.5 Å². The zero-order valence-electron chi connectivity index (χ0n) is 17.0. The second kappa shape index (κ2) is 8.77. The summed E-state index contributed by atoms with van der Waals surface area (Å²) in [4.78, 5) is 26.3. The molecular formula is C22H26N4O3. The third-order valence-electron chi connectivity index (χ3n) is 4.92. The third-order valence-corrected chi connectivity index (χ3v) is 4.92. The SMILES string of the molecule is COc1ccc(Cn2c(=O)c(=NN)c(=O)n(CCC(C)C)c3ccccc32)cc1. The summed E-state index contributed by atoms with van der Waals surface area (Å²) in [5.41, 5.74) is 1.26. The number of rotatable bonds is 6. The lowest BCUT2D eigenvalue weighted by Gasteiger charge is -2.11. The summed E-state index contributed by atoms with van der Waals surface area (Å²) in [6, 6.07) is 14.8. The first-order chi connectivity index (χ1) is 14.0. The Kier molecular flexibility index (Phi) is 6.16. The lowest BCUT2D eigenvalue weighted by Crippen LogP contribution is -2.45. The maximum atomic E-state index is 13.2. The van der Waals surface area contributed by atoms with E-state index in [1.165, 1.54) is 0 Å². The molecule has 0 atom stereocenters. The number of para-hydroxylation sites is 2. The van der Waals surface area contributed by atoms with Crippen LogP contribution in [-0.4, -0.2) is 16.2 Å². The van der Waals surface area contributed by atoms with Gasteiger partial charge in [-0.25, -0.2) is 0 Å². The maximum absolute atomic E-state index is 13.2.